The molecule has 0 spiro atoms. The van der Waals surface area contributed by atoms with E-state index in [0.717, 1.165) is 62.1 Å². The van der Waals surface area contributed by atoms with Gasteiger partial charge in [0.2, 0.25) is 23.6 Å². The Morgan fingerprint density at radius 3 is 1.65 bits per heavy atom. The van der Waals surface area contributed by atoms with Crippen LogP contribution in [0.1, 0.15) is 29.5 Å². The molecule has 0 saturated carbocycles. The van der Waals surface area contributed by atoms with Crippen molar-refractivity contribution >= 4 is 55.9 Å². The van der Waals surface area contributed by atoms with Crippen molar-refractivity contribution < 1.29 is 19.2 Å². The molecule has 6 N–H and O–H groups in total. The summed E-state index contributed by atoms with van der Waals surface area (Å²) in [5.41, 5.74) is 8.46. The van der Waals surface area contributed by atoms with Crippen molar-refractivity contribution in [2.45, 2.75) is 50.2 Å². The van der Waals surface area contributed by atoms with Crippen molar-refractivity contribution in [2.24, 2.45) is 11.7 Å². The van der Waals surface area contributed by atoms with Gasteiger partial charge in [-0.2, -0.15) is 0 Å². The van der Waals surface area contributed by atoms with Gasteiger partial charge in [0.1, 0.15) is 18.1 Å². The van der Waals surface area contributed by atoms with Crippen molar-refractivity contribution in [2.75, 3.05) is 13.1 Å². The lowest BCUT2D eigenvalue weighted by atomic mass is 9.95. The molecule has 9 nitrogen and oxygen atoms in total. The number of hydrogen-bond acceptors (Lipinski definition) is 5. The molecule has 3 atom stereocenters. The van der Waals surface area contributed by atoms with Crippen LogP contribution in [0, 0.1) is 5.92 Å². The lowest BCUT2D eigenvalue weighted by molar-refractivity contribution is -0.134. The van der Waals surface area contributed by atoms with Crippen LogP contribution < -0.4 is 27.0 Å². The van der Waals surface area contributed by atoms with Crippen LogP contribution in [0.25, 0.3) is 32.3 Å². The molecule has 6 aromatic carbocycles. The number of fused-ring (bicyclic) bond motifs is 3. The van der Waals surface area contributed by atoms with Crippen LogP contribution in [0.4, 0.5) is 0 Å². The van der Waals surface area contributed by atoms with E-state index in [1.165, 1.54) is 0 Å². The Hall–Kier alpha value is -6.06. The van der Waals surface area contributed by atoms with Gasteiger partial charge in [-0.3, -0.25) is 19.2 Å². The Morgan fingerprint density at radius 1 is 0.556 bits per heavy atom. The summed E-state index contributed by atoms with van der Waals surface area (Å²) in [6.07, 6.45) is 1.90. The topological polar surface area (TPSA) is 142 Å². The fourth-order valence-corrected chi connectivity index (χ4v) is 7.45. The van der Waals surface area contributed by atoms with E-state index >= 15 is 0 Å². The summed E-state index contributed by atoms with van der Waals surface area (Å²) in [6.45, 7) is 1.46. The Morgan fingerprint density at radius 2 is 1.06 bits per heavy atom. The van der Waals surface area contributed by atoms with Gasteiger partial charge in [-0.25, -0.2) is 0 Å². The maximum atomic E-state index is 14.4. The summed E-state index contributed by atoms with van der Waals surface area (Å²) in [5, 5.41) is 18.3. The molecule has 1 fully saturated rings. The lowest BCUT2D eigenvalue weighted by Gasteiger charge is -2.27. The molecule has 0 aliphatic carbocycles. The molecular formula is C45H45N5O4. The molecule has 1 heterocycles. The summed E-state index contributed by atoms with van der Waals surface area (Å²) < 4.78 is 0. The molecule has 4 amide bonds. The SMILES string of the molecule is NC(=O)C(Cc1cccc2ccccc12)NC(=O)C(Cc1ccc2ccccc2c1)NC(=O)C(Cc1ccc2ccccc2c1)NC(=O)C1CCNCC1. The van der Waals surface area contributed by atoms with Crippen molar-refractivity contribution in [3.63, 3.8) is 0 Å². The molecule has 6 aromatic rings. The van der Waals surface area contributed by atoms with Crippen molar-refractivity contribution in [1.82, 2.24) is 21.3 Å². The highest BCUT2D eigenvalue weighted by atomic mass is 16.2. The van der Waals surface area contributed by atoms with Gasteiger partial charge >= 0.3 is 0 Å². The minimum atomic E-state index is -1.08. The number of rotatable bonds is 13. The molecular weight excluding hydrogens is 675 g/mol. The first-order valence-electron chi connectivity index (χ1n) is 18.6. The molecule has 1 aliphatic heterocycles. The molecule has 0 radical (unpaired) electrons. The molecule has 7 rings (SSSR count). The third-order valence-electron chi connectivity index (χ3n) is 10.4. The molecule has 274 valence electrons. The maximum Gasteiger partial charge on any atom is 0.243 e. The Bertz CT molecular complexity index is 2310. The smallest absolute Gasteiger partial charge is 0.243 e. The van der Waals surface area contributed by atoms with Gasteiger partial charge in [0, 0.05) is 25.2 Å². The predicted octanol–water partition coefficient (Wildman–Crippen LogP) is 5.11. The summed E-state index contributed by atoms with van der Waals surface area (Å²) in [6, 6.07) is 38.4. The molecule has 3 unspecified atom stereocenters. The molecule has 1 saturated heterocycles. The highest BCUT2D eigenvalue weighted by Crippen LogP contribution is 2.22. The second kappa shape index (κ2) is 16.7. The Labute approximate surface area is 314 Å². The average molecular weight is 720 g/mol. The number of nitrogens with one attached hydrogen (secondary N) is 4. The highest BCUT2D eigenvalue weighted by Gasteiger charge is 2.32. The van der Waals surface area contributed by atoms with Crippen LogP contribution >= 0.6 is 0 Å². The van der Waals surface area contributed by atoms with Crippen LogP contribution in [0.2, 0.25) is 0 Å². The molecule has 0 aromatic heterocycles. The van der Waals surface area contributed by atoms with Gasteiger partial charge in [0.05, 0.1) is 0 Å². The molecule has 1 aliphatic rings. The number of carbonyl (C=O) groups excluding carboxylic acids is 4. The fourth-order valence-electron chi connectivity index (χ4n) is 7.45. The maximum absolute atomic E-state index is 14.4. The number of nitrogens with two attached hydrogens (primary N) is 1. The quantitative estimate of drug-likeness (QED) is 0.113. The van der Waals surface area contributed by atoms with E-state index in [1.807, 2.05) is 127 Å². The largest absolute Gasteiger partial charge is 0.368 e. The van der Waals surface area contributed by atoms with Crippen molar-refractivity contribution in [3.05, 3.63) is 144 Å². The van der Waals surface area contributed by atoms with Gasteiger partial charge in [0.25, 0.3) is 0 Å². The molecule has 9 heteroatoms. The monoisotopic (exact) mass is 719 g/mol. The second-order valence-electron chi connectivity index (χ2n) is 14.2. The van der Waals surface area contributed by atoms with Crippen LogP contribution in [-0.2, 0) is 38.4 Å². The van der Waals surface area contributed by atoms with Crippen LogP contribution in [0.15, 0.2) is 127 Å². The zero-order valence-corrected chi connectivity index (χ0v) is 30.1. The summed E-state index contributed by atoms with van der Waals surface area (Å²) in [5.74, 6) is -2.13. The minimum absolute atomic E-state index is 0.146. The number of carbonyl (C=O) groups is 4. The van der Waals surface area contributed by atoms with E-state index in [0.29, 0.717) is 12.8 Å². The molecule has 0 bridgehead atoms. The number of piperidine rings is 1. The van der Waals surface area contributed by atoms with E-state index < -0.39 is 35.8 Å². The van der Waals surface area contributed by atoms with Gasteiger partial charge in [0.15, 0.2) is 0 Å². The number of benzene rings is 6. The predicted molar refractivity (Wildman–Crippen MR) is 214 cm³/mol. The lowest BCUT2D eigenvalue weighted by Crippen LogP contribution is -2.58. The second-order valence-corrected chi connectivity index (χ2v) is 14.2. The first kappa shape index (κ1) is 36.3. The van der Waals surface area contributed by atoms with Crippen molar-refractivity contribution in [1.29, 1.82) is 0 Å². The number of amides is 4. The first-order valence-corrected chi connectivity index (χ1v) is 18.6. The normalized spacial score (nSPS) is 15.0. The van der Waals surface area contributed by atoms with Gasteiger partial charge in [-0.15, -0.1) is 0 Å². The van der Waals surface area contributed by atoms with Crippen LogP contribution in [-0.4, -0.2) is 54.8 Å². The standard InChI is InChI=1S/C45H45N5O4/c46-42(51)39(28-37-14-7-13-33-10-5-6-15-38(33)37)48-44(53)41(27-30-17-19-32-9-2-4-12-36(32)25-30)50-45(54)40(49-43(52)34-20-22-47-23-21-34)26-29-16-18-31-8-1-3-11-35(31)24-29/h1-19,24-25,34,39-41,47H,20-23,26-28H2,(H2,46,51)(H,48,53)(H,49,52)(H,50,54). The fraction of sp³-hybridized carbons (Fsp3) is 0.244. The summed E-state index contributed by atoms with van der Waals surface area (Å²) >= 11 is 0. The van der Waals surface area contributed by atoms with Crippen LogP contribution in [0.5, 0.6) is 0 Å². The van der Waals surface area contributed by atoms with Gasteiger partial charge < -0.3 is 27.0 Å². The van der Waals surface area contributed by atoms with Crippen molar-refractivity contribution in [3.8, 4) is 0 Å². The zero-order chi connectivity index (χ0) is 37.4. The number of primary amides is 1. The Kier molecular flexibility index (Phi) is 11.3. The van der Waals surface area contributed by atoms with E-state index in [9.17, 15) is 19.2 Å². The third-order valence-corrected chi connectivity index (χ3v) is 10.4. The first-order chi connectivity index (χ1) is 26.3. The van der Waals surface area contributed by atoms with E-state index in [4.69, 9.17) is 5.73 Å². The molecule has 54 heavy (non-hydrogen) atoms. The van der Waals surface area contributed by atoms with Gasteiger partial charge in [-0.1, -0.05) is 127 Å². The summed E-state index contributed by atoms with van der Waals surface area (Å²) in [4.78, 5) is 55.1. The Balaban J connectivity index is 1.17. The van der Waals surface area contributed by atoms with E-state index in [1.54, 1.807) is 0 Å². The zero-order valence-electron chi connectivity index (χ0n) is 30.1. The summed E-state index contributed by atoms with van der Waals surface area (Å²) in [7, 11) is 0. The van der Waals surface area contributed by atoms with E-state index in [-0.39, 0.29) is 31.1 Å². The average Bonchev–Trinajstić information content (AvgIpc) is 3.20. The highest BCUT2D eigenvalue weighted by molar-refractivity contribution is 5.95. The number of hydrogen-bond donors (Lipinski definition) is 5. The third kappa shape index (κ3) is 8.76. The van der Waals surface area contributed by atoms with Gasteiger partial charge in [-0.05, 0) is 74.9 Å². The van der Waals surface area contributed by atoms with E-state index in [2.05, 4.69) is 21.3 Å². The van der Waals surface area contributed by atoms with Crippen LogP contribution in [0.3, 0.4) is 0 Å². The minimum Gasteiger partial charge on any atom is -0.368 e.